The summed E-state index contributed by atoms with van der Waals surface area (Å²) >= 11 is 0. The van der Waals surface area contributed by atoms with Crippen LogP contribution in [0.4, 0.5) is 0 Å². The Balaban J connectivity index is 1.73. The molecule has 30 heavy (non-hydrogen) atoms. The minimum absolute atomic E-state index is 0.285. The van der Waals surface area contributed by atoms with E-state index in [1.807, 2.05) is 0 Å². The number of nitrogens with zero attached hydrogens (tertiary/aromatic N) is 1. The number of carbonyl (C=O) groups is 2. The van der Waals surface area contributed by atoms with Gasteiger partial charge in [-0.15, -0.1) is 0 Å². The molecule has 4 rings (SSSR count). The maximum absolute atomic E-state index is 13.2. The quantitative estimate of drug-likeness (QED) is 0.419. The van der Waals surface area contributed by atoms with Crippen molar-refractivity contribution in [2.45, 2.75) is 85.1 Å². The Kier molecular flexibility index (Phi) is 4.94. The average molecular weight is 417 g/mol. The predicted molar refractivity (Wildman–Crippen MR) is 114 cm³/mol. The van der Waals surface area contributed by atoms with Crippen molar-refractivity contribution in [2.75, 3.05) is 0 Å². The molecular weight excluding hydrogens is 380 g/mol. The SMILES string of the molecule is CC(C)(CC1C[C@@]2(C)C(=CC[C@@H]3[C@H]2CC[C@]2(C)CCC[C@@H]32)C([N+](=O)[O-])C1=O)C(N)=O. The molecule has 4 aliphatic rings. The zero-order valence-electron chi connectivity index (χ0n) is 18.8. The van der Waals surface area contributed by atoms with Gasteiger partial charge in [0.1, 0.15) is 0 Å². The third-order valence-electron chi connectivity index (χ3n) is 9.58. The van der Waals surface area contributed by atoms with Crippen LogP contribution in [0, 0.1) is 50.0 Å². The van der Waals surface area contributed by atoms with Gasteiger partial charge in [-0.25, -0.2) is 0 Å². The van der Waals surface area contributed by atoms with Crippen molar-refractivity contribution < 1.29 is 14.5 Å². The molecule has 3 fully saturated rings. The first-order chi connectivity index (χ1) is 13.9. The number of nitro groups is 1. The van der Waals surface area contributed by atoms with Crippen LogP contribution in [-0.2, 0) is 9.59 Å². The first-order valence-electron chi connectivity index (χ1n) is 11.6. The second kappa shape index (κ2) is 6.89. The number of amides is 1. The zero-order chi connectivity index (χ0) is 22.1. The molecule has 0 aromatic rings. The van der Waals surface area contributed by atoms with E-state index >= 15 is 0 Å². The van der Waals surface area contributed by atoms with E-state index in [1.54, 1.807) is 13.8 Å². The summed E-state index contributed by atoms with van der Waals surface area (Å²) in [4.78, 5) is 36.8. The second-order valence-electron chi connectivity index (χ2n) is 11.7. The Bertz CT molecular complexity index is 818. The van der Waals surface area contributed by atoms with Crippen molar-refractivity contribution in [1.82, 2.24) is 0 Å². The molecule has 0 bridgehead atoms. The molecule has 0 aromatic carbocycles. The number of carbonyl (C=O) groups excluding carboxylic acids is 2. The van der Waals surface area contributed by atoms with Crippen LogP contribution in [0.15, 0.2) is 11.6 Å². The van der Waals surface area contributed by atoms with E-state index < -0.39 is 28.2 Å². The summed E-state index contributed by atoms with van der Waals surface area (Å²) < 4.78 is 0. The maximum Gasteiger partial charge on any atom is 0.292 e. The third kappa shape index (κ3) is 3.04. The van der Waals surface area contributed by atoms with Crippen molar-refractivity contribution in [2.24, 2.45) is 45.7 Å². The molecule has 0 aliphatic heterocycles. The number of nitrogens with two attached hydrogens (primary N) is 1. The molecule has 0 spiro atoms. The number of hydrogen-bond donors (Lipinski definition) is 1. The van der Waals surface area contributed by atoms with Crippen molar-refractivity contribution in [1.29, 1.82) is 0 Å². The van der Waals surface area contributed by atoms with Gasteiger partial charge in [0, 0.05) is 21.8 Å². The highest BCUT2D eigenvalue weighted by Crippen LogP contribution is 2.65. The summed E-state index contributed by atoms with van der Waals surface area (Å²) in [7, 11) is 0. The summed E-state index contributed by atoms with van der Waals surface area (Å²) in [5.74, 6) is 0.311. The van der Waals surface area contributed by atoms with E-state index in [0.717, 1.165) is 18.4 Å². The number of allylic oxidation sites excluding steroid dienone is 1. The van der Waals surface area contributed by atoms with Crippen LogP contribution in [0.5, 0.6) is 0 Å². The molecule has 2 unspecified atom stereocenters. The molecule has 0 heterocycles. The van der Waals surface area contributed by atoms with Crippen LogP contribution in [0.25, 0.3) is 0 Å². The van der Waals surface area contributed by atoms with Crippen LogP contribution in [0.3, 0.4) is 0 Å². The Hall–Kier alpha value is -1.72. The third-order valence-corrected chi connectivity index (χ3v) is 9.58. The Morgan fingerprint density at radius 1 is 1.27 bits per heavy atom. The van der Waals surface area contributed by atoms with Crippen LogP contribution in [-0.4, -0.2) is 22.7 Å². The first-order valence-corrected chi connectivity index (χ1v) is 11.6. The molecule has 166 valence electrons. The zero-order valence-corrected chi connectivity index (χ0v) is 18.8. The molecule has 4 aliphatic carbocycles. The highest BCUT2D eigenvalue weighted by atomic mass is 16.6. The smallest absolute Gasteiger partial charge is 0.292 e. The van der Waals surface area contributed by atoms with Crippen molar-refractivity contribution in [3.63, 3.8) is 0 Å². The van der Waals surface area contributed by atoms with Crippen molar-refractivity contribution >= 4 is 11.7 Å². The summed E-state index contributed by atoms with van der Waals surface area (Å²) in [5.41, 5.74) is 5.52. The lowest BCUT2D eigenvalue weighted by atomic mass is 9.46. The minimum atomic E-state index is -1.27. The number of fused-ring (bicyclic) bond motifs is 5. The fourth-order valence-electron chi connectivity index (χ4n) is 7.90. The summed E-state index contributed by atoms with van der Waals surface area (Å²) in [6.45, 7) is 8.09. The van der Waals surface area contributed by atoms with Crippen LogP contribution in [0.1, 0.15) is 79.1 Å². The van der Waals surface area contributed by atoms with E-state index in [1.165, 1.54) is 25.7 Å². The molecule has 6 nitrogen and oxygen atoms in total. The molecule has 0 aromatic heterocycles. The molecule has 1 amide bonds. The van der Waals surface area contributed by atoms with E-state index in [0.29, 0.717) is 29.6 Å². The lowest BCUT2D eigenvalue weighted by Gasteiger charge is -2.57. The van der Waals surface area contributed by atoms with Gasteiger partial charge < -0.3 is 5.73 Å². The monoisotopic (exact) mass is 416 g/mol. The standard InChI is InChI=1S/C24H36N2O4/c1-22(2,21(25)28)12-14-13-24(4)17-9-11-23(3)10-5-6-16(23)15(17)7-8-18(24)19(20(14)27)26(29)30/h8,14-17,19H,5-7,9-13H2,1-4H3,(H2,25,28)/t14?,15-,16-,17+,19?,23-,24+/m0/s1. The van der Waals surface area contributed by atoms with Gasteiger partial charge in [0.05, 0.1) is 0 Å². The summed E-state index contributed by atoms with van der Waals surface area (Å²) in [6.07, 6.45) is 9.90. The lowest BCUT2D eigenvalue weighted by Crippen LogP contribution is -2.56. The highest BCUT2D eigenvalue weighted by molar-refractivity contribution is 5.91. The number of rotatable bonds is 4. The summed E-state index contributed by atoms with van der Waals surface area (Å²) in [5, 5.41) is 12.1. The van der Waals surface area contributed by atoms with Gasteiger partial charge in [-0.05, 0) is 73.5 Å². The number of Topliss-reactive ketones (excluding diaryl/α,β-unsaturated/α-hetero) is 1. The van der Waals surface area contributed by atoms with Gasteiger partial charge in [-0.2, -0.15) is 0 Å². The van der Waals surface area contributed by atoms with E-state index in [4.69, 9.17) is 5.73 Å². The van der Waals surface area contributed by atoms with Crippen LogP contribution in [0.2, 0.25) is 0 Å². The minimum Gasteiger partial charge on any atom is -0.369 e. The molecule has 0 radical (unpaired) electrons. The van der Waals surface area contributed by atoms with Crippen LogP contribution >= 0.6 is 0 Å². The fraction of sp³-hybridized carbons (Fsp3) is 0.833. The number of hydrogen-bond acceptors (Lipinski definition) is 4. The largest absolute Gasteiger partial charge is 0.369 e. The van der Waals surface area contributed by atoms with Crippen molar-refractivity contribution in [3.05, 3.63) is 21.8 Å². The number of primary amides is 1. The predicted octanol–water partition coefficient (Wildman–Crippen LogP) is 4.29. The second-order valence-corrected chi connectivity index (χ2v) is 11.7. The highest BCUT2D eigenvalue weighted by Gasteiger charge is 2.62. The Labute approximate surface area is 179 Å². The normalized spacial score (nSPS) is 43.3. The van der Waals surface area contributed by atoms with Gasteiger partial charge in [0.2, 0.25) is 11.7 Å². The van der Waals surface area contributed by atoms with Crippen LogP contribution < -0.4 is 5.73 Å². The molecule has 7 atom stereocenters. The Morgan fingerprint density at radius 2 is 1.97 bits per heavy atom. The van der Waals surface area contributed by atoms with Crippen molar-refractivity contribution in [3.8, 4) is 0 Å². The first kappa shape index (κ1) is 21.5. The maximum atomic E-state index is 13.2. The van der Waals surface area contributed by atoms with Gasteiger partial charge >= 0.3 is 0 Å². The molecule has 2 N–H and O–H groups in total. The van der Waals surface area contributed by atoms with Gasteiger partial charge in [-0.3, -0.25) is 19.7 Å². The fourth-order valence-corrected chi connectivity index (χ4v) is 7.90. The molecule has 0 saturated heterocycles. The van der Waals surface area contributed by atoms with Gasteiger partial charge in [0.15, 0.2) is 0 Å². The average Bonchev–Trinajstić information content (AvgIpc) is 3.04. The van der Waals surface area contributed by atoms with Gasteiger partial charge in [-0.1, -0.05) is 40.2 Å². The topological polar surface area (TPSA) is 103 Å². The molecular formula is C24H36N2O4. The van der Waals surface area contributed by atoms with Gasteiger partial charge in [0.25, 0.3) is 6.04 Å². The van der Waals surface area contributed by atoms with E-state index in [-0.39, 0.29) is 17.6 Å². The van der Waals surface area contributed by atoms with E-state index in [9.17, 15) is 19.7 Å². The Morgan fingerprint density at radius 3 is 2.60 bits per heavy atom. The summed E-state index contributed by atoms with van der Waals surface area (Å²) in [6, 6.07) is -1.27. The molecule has 6 heteroatoms. The van der Waals surface area contributed by atoms with E-state index in [2.05, 4.69) is 19.9 Å². The number of ketones is 1. The molecule has 3 saturated carbocycles. The lowest BCUT2D eigenvalue weighted by molar-refractivity contribution is -0.502.